The van der Waals surface area contributed by atoms with Crippen LogP contribution in [0.3, 0.4) is 0 Å². The molecule has 1 saturated heterocycles. The molecule has 1 N–H and O–H groups in total. The maximum Gasteiger partial charge on any atom is 0.271 e. The first kappa shape index (κ1) is 16.0. The van der Waals surface area contributed by atoms with Crippen LogP contribution in [0, 0.1) is 10.1 Å². The number of likely N-dealkylation sites (tertiary alicyclic amines) is 1. The molecule has 8 heteroatoms. The van der Waals surface area contributed by atoms with E-state index < -0.39 is 16.4 Å². The van der Waals surface area contributed by atoms with Crippen molar-refractivity contribution in [2.75, 3.05) is 13.1 Å². The van der Waals surface area contributed by atoms with E-state index in [9.17, 15) is 20.0 Å². The average molecular weight is 333 g/mol. The van der Waals surface area contributed by atoms with Crippen LogP contribution in [0.15, 0.2) is 12.1 Å². The van der Waals surface area contributed by atoms with E-state index in [4.69, 9.17) is 23.2 Å². The Labute approximate surface area is 131 Å². The molecule has 0 atom stereocenters. The van der Waals surface area contributed by atoms with Gasteiger partial charge in [-0.25, -0.2) is 0 Å². The van der Waals surface area contributed by atoms with Gasteiger partial charge in [-0.1, -0.05) is 23.2 Å². The van der Waals surface area contributed by atoms with Crippen molar-refractivity contribution in [2.45, 2.75) is 25.4 Å². The quantitative estimate of drug-likeness (QED) is 0.666. The van der Waals surface area contributed by atoms with Gasteiger partial charge in [0.05, 0.1) is 26.1 Å². The van der Waals surface area contributed by atoms with Crippen LogP contribution in [-0.4, -0.2) is 39.5 Å². The molecule has 1 aliphatic heterocycles. The largest absolute Gasteiger partial charge is 0.390 e. The number of benzene rings is 1. The summed E-state index contributed by atoms with van der Waals surface area (Å²) in [5.74, 6) is -0.416. The Morgan fingerprint density at radius 1 is 1.38 bits per heavy atom. The predicted molar refractivity (Wildman–Crippen MR) is 78.9 cm³/mol. The molecule has 1 aromatic rings. The zero-order valence-electron chi connectivity index (χ0n) is 11.3. The highest BCUT2D eigenvalue weighted by Gasteiger charge is 2.31. The predicted octanol–water partition coefficient (Wildman–Crippen LogP) is 2.89. The minimum absolute atomic E-state index is 0.00426. The van der Waals surface area contributed by atoms with Crippen LogP contribution in [0.2, 0.25) is 10.0 Å². The standard InChI is InChI=1S/C13H14Cl2N2O4/c1-13(19)2-4-16(5-3-13)12(18)9-6-8(17(20)21)7-10(14)11(9)15/h6-7,19H,2-5H2,1H3. The number of rotatable bonds is 2. The minimum Gasteiger partial charge on any atom is -0.390 e. The van der Waals surface area contributed by atoms with Crippen LogP contribution in [-0.2, 0) is 0 Å². The average Bonchev–Trinajstić information content (AvgIpc) is 2.40. The van der Waals surface area contributed by atoms with Gasteiger partial charge in [0, 0.05) is 25.2 Å². The molecule has 1 amide bonds. The van der Waals surface area contributed by atoms with Gasteiger partial charge in [-0.15, -0.1) is 0 Å². The maximum atomic E-state index is 12.4. The number of carbonyl (C=O) groups is 1. The number of carbonyl (C=O) groups excluding carboxylic acids is 1. The van der Waals surface area contributed by atoms with Crippen molar-refractivity contribution in [1.29, 1.82) is 0 Å². The molecule has 0 radical (unpaired) electrons. The number of non-ortho nitro benzene ring substituents is 1. The van der Waals surface area contributed by atoms with Crippen LogP contribution in [0.5, 0.6) is 0 Å². The number of nitro benzene ring substituents is 1. The van der Waals surface area contributed by atoms with Gasteiger partial charge < -0.3 is 10.0 Å². The zero-order valence-corrected chi connectivity index (χ0v) is 12.8. The molecule has 2 rings (SSSR count). The van der Waals surface area contributed by atoms with Gasteiger partial charge in [0.1, 0.15) is 0 Å². The Balaban J connectivity index is 2.29. The Bertz CT molecular complexity index is 594. The van der Waals surface area contributed by atoms with Crippen molar-refractivity contribution in [2.24, 2.45) is 0 Å². The van der Waals surface area contributed by atoms with Gasteiger partial charge in [-0.2, -0.15) is 0 Å². The smallest absolute Gasteiger partial charge is 0.271 e. The second-order valence-corrected chi connectivity index (χ2v) is 6.12. The number of piperidine rings is 1. The molecule has 0 aromatic heterocycles. The van der Waals surface area contributed by atoms with Crippen molar-refractivity contribution < 1.29 is 14.8 Å². The summed E-state index contributed by atoms with van der Waals surface area (Å²) >= 11 is 11.8. The minimum atomic E-state index is -0.791. The molecule has 1 aromatic carbocycles. The van der Waals surface area contributed by atoms with E-state index in [0.717, 1.165) is 12.1 Å². The number of hydrogen-bond donors (Lipinski definition) is 1. The zero-order chi connectivity index (χ0) is 15.8. The molecule has 0 spiro atoms. The number of hydrogen-bond acceptors (Lipinski definition) is 4. The lowest BCUT2D eigenvalue weighted by molar-refractivity contribution is -0.384. The number of aliphatic hydroxyl groups is 1. The molecule has 6 nitrogen and oxygen atoms in total. The van der Waals surface area contributed by atoms with E-state index in [1.807, 2.05) is 0 Å². The van der Waals surface area contributed by atoms with Gasteiger partial charge >= 0.3 is 0 Å². The molecular weight excluding hydrogens is 319 g/mol. The van der Waals surface area contributed by atoms with E-state index in [-0.39, 0.29) is 21.3 Å². The van der Waals surface area contributed by atoms with Gasteiger partial charge in [0.15, 0.2) is 0 Å². The lowest BCUT2D eigenvalue weighted by Crippen LogP contribution is -2.45. The third-order valence-electron chi connectivity index (χ3n) is 3.58. The SMILES string of the molecule is CC1(O)CCN(C(=O)c2cc([N+](=O)[O-])cc(Cl)c2Cl)CC1. The summed E-state index contributed by atoms with van der Waals surface area (Å²) in [7, 11) is 0. The third-order valence-corrected chi connectivity index (χ3v) is 4.38. The summed E-state index contributed by atoms with van der Waals surface area (Å²) in [4.78, 5) is 24.2. The van der Waals surface area contributed by atoms with E-state index in [0.29, 0.717) is 25.9 Å². The third kappa shape index (κ3) is 3.45. The fourth-order valence-electron chi connectivity index (χ4n) is 2.20. The van der Waals surface area contributed by atoms with Crippen molar-refractivity contribution in [3.63, 3.8) is 0 Å². The Hall–Kier alpha value is -1.37. The molecule has 0 saturated carbocycles. The van der Waals surface area contributed by atoms with Crippen molar-refractivity contribution >= 4 is 34.8 Å². The van der Waals surface area contributed by atoms with Crippen LogP contribution >= 0.6 is 23.2 Å². The monoisotopic (exact) mass is 332 g/mol. The molecule has 1 fully saturated rings. The Morgan fingerprint density at radius 2 is 1.95 bits per heavy atom. The molecule has 21 heavy (non-hydrogen) atoms. The number of amides is 1. The van der Waals surface area contributed by atoms with Gasteiger partial charge in [-0.3, -0.25) is 14.9 Å². The molecule has 0 bridgehead atoms. The fourth-order valence-corrected chi connectivity index (χ4v) is 2.60. The molecular formula is C13H14Cl2N2O4. The summed E-state index contributed by atoms with van der Waals surface area (Å²) in [6.07, 6.45) is 0.887. The summed E-state index contributed by atoms with van der Waals surface area (Å²) in [6, 6.07) is 2.24. The lowest BCUT2D eigenvalue weighted by Gasteiger charge is -2.35. The van der Waals surface area contributed by atoms with Gasteiger partial charge in [0.2, 0.25) is 0 Å². The first-order valence-corrected chi connectivity index (χ1v) is 7.12. The number of halogens is 2. The van der Waals surface area contributed by atoms with E-state index in [1.165, 1.54) is 4.90 Å². The first-order chi connectivity index (χ1) is 9.71. The lowest BCUT2D eigenvalue weighted by atomic mass is 9.93. The Kier molecular flexibility index (Phi) is 4.41. The van der Waals surface area contributed by atoms with Gasteiger partial charge in [0.25, 0.3) is 11.6 Å². The first-order valence-electron chi connectivity index (χ1n) is 6.36. The topological polar surface area (TPSA) is 83.7 Å². The van der Waals surface area contributed by atoms with Crippen molar-refractivity contribution in [1.82, 2.24) is 4.90 Å². The summed E-state index contributed by atoms with van der Waals surface area (Å²) < 4.78 is 0. The van der Waals surface area contributed by atoms with Crippen LogP contribution in [0.4, 0.5) is 5.69 Å². The number of nitro groups is 1. The van der Waals surface area contributed by atoms with Crippen molar-refractivity contribution in [3.05, 3.63) is 37.9 Å². The fraction of sp³-hybridized carbons (Fsp3) is 0.462. The van der Waals surface area contributed by atoms with Crippen LogP contribution < -0.4 is 0 Å². The van der Waals surface area contributed by atoms with E-state index in [2.05, 4.69) is 0 Å². The van der Waals surface area contributed by atoms with E-state index in [1.54, 1.807) is 6.92 Å². The van der Waals surface area contributed by atoms with Crippen LogP contribution in [0.1, 0.15) is 30.1 Å². The van der Waals surface area contributed by atoms with Crippen LogP contribution in [0.25, 0.3) is 0 Å². The molecule has 0 aliphatic carbocycles. The highest BCUT2D eigenvalue weighted by molar-refractivity contribution is 6.44. The molecule has 0 unspecified atom stereocenters. The summed E-state index contributed by atoms with van der Waals surface area (Å²) in [6.45, 7) is 2.44. The highest BCUT2D eigenvalue weighted by Crippen LogP contribution is 2.32. The van der Waals surface area contributed by atoms with Gasteiger partial charge in [-0.05, 0) is 19.8 Å². The second-order valence-electron chi connectivity index (χ2n) is 5.34. The maximum absolute atomic E-state index is 12.4. The summed E-state index contributed by atoms with van der Waals surface area (Å²) in [5, 5.41) is 20.7. The molecule has 1 aliphatic rings. The van der Waals surface area contributed by atoms with E-state index >= 15 is 0 Å². The normalized spacial score (nSPS) is 17.6. The second kappa shape index (κ2) is 5.79. The Morgan fingerprint density at radius 3 is 2.48 bits per heavy atom. The molecule has 1 heterocycles. The highest BCUT2D eigenvalue weighted by atomic mass is 35.5. The summed E-state index contributed by atoms with van der Waals surface area (Å²) in [5.41, 5.74) is -1.06. The molecule has 114 valence electrons. The van der Waals surface area contributed by atoms with Crippen molar-refractivity contribution in [3.8, 4) is 0 Å². The number of nitrogens with zero attached hydrogens (tertiary/aromatic N) is 2.